The second-order valence-corrected chi connectivity index (χ2v) is 4.81. The van der Waals surface area contributed by atoms with Gasteiger partial charge in [-0.2, -0.15) is 0 Å². The minimum Gasteiger partial charge on any atom is -0.395 e. The van der Waals surface area contributed by atoms with Crippen LogP contribution in [0.5, 0.6) is 0 Å². The average Bonchev–Trinajstić information content (AvgIpc) is 2.79. The molecule has 3 nitrogen and oxygen atoms in total. The van der Waals surface area contributed by atoms with Gasteiger partial charge in [0, 0.05) is 34.4 Å². The molecule has 0 amide bonds. The van der Waals surface area contributed by atoms with Gasteiger partial charge in [0.15, 0.2) is 0 Å². The monoisotopic (exact) mass is 254 g/mol. The van der Waals surface area contributed by atoms with Gasteiger partial charge in [0.1, 0.15) is 0 Å². The first-order chi connectivity index (χ1) is 9.35. The third-order valence-electron chi connectivity index (χ3n) is 3.71. The zero-order valence-electron chi connectivity index (χ0n) is 11.0. The van der Waals surface area contributed by atoms with E-state index in [-0.39, 0.29) is 12.6 Å². The molecule has 3 rings (SSSR count). The van der Waals surface area contributed by atoms with Crippen molar-refractivity contribution in [3.05, 3.63) is 48.5 Å². The maximum absolute atomic E-state index is 9.39. The van der Waals surface area contributed by atoms with Crippen molar-refractivity contribution in [2.45, 2.75) is 12.6 Å². The first-order valence-electron chi connectivity index (χ1n) is 6.59. The van der Waals surface area contributed by atoms with Crippen LogP contribution in [0.2, 0.25) is 0 Å². The molecule has 0 bridgehead atoms. The van der Waals surface area contributed by atoms with Crippen LogP contribution in [0.4, 0.5) is 0 Å². The summed E-state index contributed by atoms with van der Waals surface area (Å²) in [5, 5.41) is 15.1. The van der Waals surface area contributed by atoms with Crippen molar-refractivity contribution in [2.24, 2.45) is 0 Å². The molecular formula is C16H18N2O. The highest BCUT2D eigenvalue weighted by molar-refractivity contribution is 6.07. The quantitative estimate of drug-likeness (QED) is 0.750. The van der Waals surface area contributed by atoms with E-state index >= 15 is 0 Å². The molecule has 0 fully saturated rings. The van der Waals surface area contributed by atoms with Crippen LogP contribution in [-0.4, -0.2) is 29.4 Å². The Morgan fingerprint density at radius 3 is 2.00 bits per heavy atom. The van der Waals surface area contributed by atoms with Gasteiger partial charge in [-0.05, 0) is 19.2 Å². The molecule has 98 valence electrons. The lowest BCUT2D eigenvalue weighted by atomic mass is 10.2. The van der Waals surface area contributed by atoms with Crippen molar-refractivity contribution in [2.75, 3.05) is 13.7 Å². The predicted octanol–water partition coefficient (Wildman–Crippen LogP) is 2.37. The highest BCUT2D eigenvalue weighted by Gasteiger charge is 2.12. The van der Waals surface area contributed by atoms with Crippen molar-refractivity contribution in [1.82, 2.24) is 9.88 Å². The van der Waals surface area contributed by atoms with E-state index < -0.39 is 0 Å². The van der Waals surface area contributed by atoms with Crippen LogP contribution >= 0.6 is 0 Å². The molecule has 0 radical (unpaired) electrons. The van der Waals surface area contributed by atoms with E-state index in [2.05, 4.69) is 58.4 Å². The van der Waals surface area contributed by atoms with E-state index in [9.17, 15) is 5.11 Å². The first-order valence-corrected chi connectivity index (χ1v) is 6.59. The first kappa shape index (κ1) is 12.2. The highest BCUT2D eigenvalue weighted by Crippen LogP contribution is 2.28. The van der Waals surface area contributed by atoms with E-state index in [1.165, 1.54) is 21.8 Å². The summed E-state index contributed by atoms with van der Waals surface area (Å²) in [6.07, 6.45) is 0. The molecule has 0 saturated carbocycles. The number of fused-ring (bicyclic) bond motifs is 3. The van der Waals surface area contributed by atoms with E-state index in [1.807, 2.05) is 7.05 Å². The number of hydrogen-bond donors (Lipinski definition) is 2. The molecule has 0 saturated heterocycles. The lowest BCUT2D eigenvalue weighted by Gasteiger charge is -2.16. The Morgan fingerprint density at radius 1 is 1.00 bits per heavy atom. The smallest absolute Gasteiger partial charge is 0.0602 e. The number of benzene rings is 2. The van der Waals surface area contributed by atoms with Crippen molar-refractivity contribution >= 4 is 21.8 Å². The molecule has 3 heteroatoms. The lowest BCUT2D eigenvalue weighted by Crippen LogP contribution is -2.33. The molecule has 1 unspecified atom stereocenters. The number of hydrogen-bond acceptors (Lipinski definition) is 2. The van der Waals surface area contributed by atoms with Crippen molar-refractivity contribution in [1.29, 1.82) is 0 Å². The highest BCUT2D eigenvalue weighted by atomic mass is 16.3. The standard InChI is InChI=1S/C16H18N2O/c1-17-12(11-19)10-18-15-8-4-2-6-13(15)14-7-3-5-9-16(14)18/h2-9,12,17,19H,10-11H2,1H3. The molecule has 1 aromatic heterocycles. The molecular weight excluding hydrogens is 236 g/mol. The van der Waals surface area contributed by atoms with E-state index in [0.717, 1.165) is 6.54 Å². The van der Waals surface area contributed by atoms with Gasteiger partial charge in [-0.25, -0.2) is 0 Å². The summed E-state index contributed by atoms with van der Waals surface area (Å²) < 4.78 is 2.28. The van der Waals surface area contributed by atoms with Crippen molar-refractivity contribution in [3.63, 3.8) is 0 Å². The Kier molecular flexibility index (Phi) is 3.23. The second-order valence-electron chi connectivity index (χ2n) is 4.81. The van der Waals surface area contributed by atoms with Gasteiger partial charge in [-0.15, -0.1) is 0 Å². The average molecular weight is 254 g/mol. The molecule has 0 aliphatic carbocycles. The van der Waals surface area contributed by atoms with Crippen LogP contribution < -0.4 is 5.32 Å². The summed E-state index contributed by atoms with van der Waals surface area (Å²) in [5.74, 6) is 0. The summed E-state index contributed by atoms with van der Waals surface area (Å²) in [6, 6.07) is 16.9. The maximum atomic E-state index is 9.39. The molecule has 1 heterocycles. The number of nitrogens with zero attached hydrogens (tertiary/aromatic N) is 1. The van der Waals surface area contributed by atoms with Gasteiger partial charge in [0.2, 0.25) is 0 Å². The molecule has 0 aliphatic rings. The Morgan fingerprint density at radius 2 is 1.53 bits per heavy atom. The topological polar surface area (TPSA) is 37.2 Å². The molecule has 2 N–H and O–H groups in total. The van der Waals surface area contributed by atoms with E-state index in [0.29, 0.717) is 0 Å². The summed E-state index contributed by atoms with van der Waals surface area (Å²) in [4.78, 5) is 0. The number of aliphatic hydroxyl groups is 1. The number of nitrogens with one attached hydrogen (secondary N) is 1. The Hall–Kier alpha value is -1.84. The van der Waals surface area contributed by atoms with Crippen LogP contribution in [0.1, 0.15) is 0 Å². The fourth-order valence-corrected chi connectivity index (χ4v) is 2.66. The number of aromatic nitrogens is 1. The maximum Gasteiger partial charge on any atom is 0.0602 e. The normalized spacial score (nSPS) is 13.2. The second kappa shape index (κ2) is 5.03. The summed E-state index contributed by atoms with van der Waals surface area (Å²) in [5.41, 5.74) is 2.44. The molecule has 3 aromatic rings. The van der Waals surface area contributed by atoms with Gasteiger partial charge in [0.25, 0.3) is 0 Å². The van der Waals surface area contributed by atoms with Gasteiger partial charge in [-0.3, -0.25) is 0 Å². The summed E-state index contributed by atoms with van der Waals surface area (Å²) in [6.45, 7) is 0.901. The summed E-state index contributed by atoms with van der Waals surface area (Å²) in [7, 11) is 1.88. The summed E-state index contributed by atoms with van der Waals surface area (Å²) >= 11 is 0. The molecule has 0 aliphatic heterocycles. The molecule has 1 atom stereocenters. The number of rotatable bonds is 4. The lowest BCUT2D eigenvalue weighted by molar-refractivity contribution is 0.237. The SMILES string of the molecule is CNC(CO)Cn1c2ccccc2c2ccccc21. The third-order valence-corrected chi connectivity index (χ3v) is 3.71. The van der Waals surface area contributed by atoms with Gasteiger partial charge < -0.3 is 15.0 Å². The van der Waals surface area contributed by atoms with Crippen LogP contribution in [0, 0.1) is 0 Å². The van der Waals surface area contributed by atoms with Crippen LogP contribution in [-0.2, 0) is 6.54 Å². The minimum atomic E-state index is 0.0687. The number of likely N-dealkylation sites (N-methyl/N-ethyl adjacent to an activating group) is 1. The Labute approximate surface area is 112 Å². The van der Waals surface area contributed by atoms with Crippen molar-refractivity contribution in [3.8, 4) is 0 Å². The number of para-hydroxylation sites is 2. The van der Waals surface area contributed by atoms with E-state index in [4.69, 9.17) is 0 Å². The van der Waals surface area contributed by atoms with Crippen LogP contribution in [0.15, 0.2) is 48.5 Å². The Balaban J connectivity index is 2.24. The molecule has 0 spiro atoms. The fraction of sp³-hybridized carbons (Fsp3) is 0.250. The largest absolute Gasteiger partial charge is 0.395 e. The Bertz CT molecular complexity index is 645. The van der Waals surface area contributed by atoms with Crippen molar-refractivity contribution < 1.29 is 5.11 Å². The van der Waals surface area contributed by atoms with Crippen LogP contribution in [0.25, 0.3) is 21.8 Å². The third kappa shape index (κ3) is 2.01. The van der Waals surface area contributed by atoms with E-state index in [1.54, 1.807) is 0 Å². The van der Waals surface area contributed by atoms with Gasteiger partial charge in [0.05, 0.1) is 6.61 Å². The zero-order valence-corrected chi connectivity index (χ0v) is 11.0. The fourth-order valence-electron chi connectivity index (χ4n) is 2.66. The van der Waals surface area contributed by atoms with Gasteiger partial charge >= 0.3 is 0 Å². The predicted molar refractivity (Wildman–Crippen MR) is 79.4 cm³/mol. The van der Waals surface area contributed by atoms with Gasteiger partial charge in [-0.1, -0.05) is 36.4 Å². The minimum absolute atomic E-state index is 0.0687. The number of aliphatic hydroxyl groups excluding tert-OH is 1. The molecule has 19 heavy (non-hydrogen) atoms. The van der Waals surface area contributed by atoms with Crippen LogP contribution in [0.3, 0.4) is 0 Å². The zero-order chi connectivity index (χ0) is 13.2. The molecule has 2 aromatic carbocycles.